The Kier molecular flexibility index (Phi) is 3.81. The summed E-state index contributed by atoms with van der Waals surface area (Å²) in [7, 11) is 1.47. The van der Waals surface area contributed by atoms with Crippen molar-refractivity contribution >= 4 is 5.91 Å². The van der Waals surface area contributed by atoms with E-state index in [9.17, 15) is 9.18 Å². The molecule has 0 spiro atoms. The van der Waals surface area contributed by atoms with Crippen LogP contribution in [0.4, 0.5) is 4.39 Å². The second kappa shape index (κ2) is 5.35. The Morgan fingerprint density at radius 2 is 2.33 bits per heavy atom. The molecule has 1 amide bonds. The highest BCUT2D eigenvalue weighted by Gasteiger charge is 2.30. The molecule has 1 aromatic carbocycles. The quantitative estimate of drug-likeness (QED) is 0.876. The molecule has 0 radical (unpaired) electrons. The van der Waals surface area contributed by atoms with Crippen molar-refractivity contribution in [1.29, 1.82) is 0 Å². The highest BCUT2D eigenvalue weighted by atomic mass is 19.1. The zero-order valence-electron chi connectivity index (χ0n) is 10.2. The van der Waals surface area contributed by atoms with Gasteiger partial charge in [-0.05, 0) is 12.1 Å². The minimum Gasteiger partial charge on any atom is -0.496 e. The number of hydrogen-bond donors (Lipinski definition) is 1. The summed E-state index contributed by atoms with van der Waals surface area (Å²) in [6.45, 7) is 0.634. The third-order valence-corrected chi connectivity index (χ3v) is 3.20. The summed E-state index contributed by atoms with van der Waals surface area (Å²) in [5.41, 5.74) is 0.381. The van der Waals surface area contributed by atoms with Crippen LogP contribution in [0.2, 0.25) is 0 Å². The summed E-state index contributed by atoms with van der Waals surface area (Å²) < 4.78 is 18.8. The summed E-state index contributed by atoms with van der Waals surface area (Å²) in [5, 5.41) is 9.05. The van der Waals surface area contributed by atoms with Crippen LogP contribution in [0.25, 0.3) is 0 Å². The molecule has 1 saturated heterocycles. The van der Waals surface area contributed by atoms with Crippen molar-refractivity contribution in [1.82, 2.24) is 4.90 Å². The monoisotopic (exact) mass is 253 g/mol. The van der Waals surface area contributed by atoms with Crippen LogP contribution in [0, 0.1) is 11.7 Å². The fraction of sp³-hybridized carbons (Fsp3) is 0.462. The maximum atomic E-state index is 13.7. The van der Waals surface area contributed by atoms with Crippen molar-refractivity contribution < 1.29 is 19.0 Å². The molecule has 0 saturated carbocycles. The van der Waals surface area contributed by atoms with Crippen LogP contribution in [0.1, 0.15) is 12.0 Å². The molecule has 4 nitrogen and oxygen atoms in total. The number of rotatable bonds is 4. The van der Waals surface area contributed by atoms with E-state index in [1.807, 2.05) is 0 Å². The van der Waals surface area contributed by atoms with E-state index in [1.54, 1.807) is 17.0 Å². The van der Waals surface area contributed by atoms with E-state index >= 15 is 0 Å². The second-order valence-corrected chi connectivity index (χ2v) is 4.45. The third kappa shape index (κ3) is 2.46. The first-order valence-electron chi connectivity index (χ1n) is 5.85. The van der Waals surface area contributed by atoms with Crippen molar-refractivity contribution in [2.45, 2.75) is 13.0 Å². The van der Waals surface area contributed by atoms with Crippen molar-refractivity contribution in [3.8, 4) is 5.75 Å². The van der Waals surface area contributed by atoms with Gasteiger partial charge in [0.2, 0.25) is 5.91 Å². The number of hydrogen-bond acceptors (Lipinski definition) is 3. The molecular weight excluding hydrogens is 237 g/mol. The number of carbonyl (C=O) groups is 1. The van der Waals surface area contributed by atoms with Crippen LogP contribution in [0.3, 0.4) is 0 Å². The van der Waals surface area contributed by atoms with Gasteiger partial charge in [0.25, 0.3) is 0 Å². The van der Waals surface area contributed by atoms with Gasteiger partial charge in [0.1, 0.15) is 11.6 Å². The average Bonchev–Trinajstić information content (AvgIpc) is 2.73. The summed E-state index contributed by atoms with van der Waals surface area (Å²) in [4.78, 5) is 13.3. The third-order valence-electron chi connectivity index (χ3n) is 3.20. The van der Waals surface area contributed by atoms with Gasteiger partial charge in [0.05, 0.1) is 13.7 Å². The van der Waals surface area contributed by atoms with E-state index in [1.165, 1.54) is 13.2 Å². The average molecular weight is 253 g/mol. The van der Waals surface area contributed by atoms with Crippen molar-refractivity contribution in [2.75, 3.05) is 20.3 Å². The van der Waals surface area contributed by atoms with Gasteiger partial charge in [-0.1, -0.05) is 6.07 Å². The van der Waals surface area contributed by atoms with Gasteiger partial charge in [0, 0.05) is 31.1 Å². The Labute approximate surface area is 105 Å². The van der Waals surface area contributed by atoms with Crippen LogP contribution >= 0.6 is 0 Å². The number of ether oxygens (including phenoxy) is 1. The van der Waals surface area contributed by atoms with E-state index in [-0.39, 0.29) is 30.8 Å². The number of aliphatic hydroxyl groups excluding tert-OH is 1. The topological polar surface area (TPSA) is 49.8 Å². The maximum absolute atomic E-state index is 13.7. The normalized spacial score (nSPS) is 19.4. The lowest BCUT2D eigenvalue weighted by Crippen LogP contribution is -2.25. The molecule has 1 aliphatic rings. The highest BCUT2D eigenvalue weighted by Crippen LogP contribution is 2.26. The minimum absolute atomic E-state index is 0.0172. The van der Waals surface area contributed by atoms with E-state index in [0.29, 0.717) is 24.3 Å². The SMILES string of the molecule is COc1cccc(F)c1CN1CC(CO)CC1=O. The summed E-state index contributed by atoms with van der Waals surface area (Å²) >= 11 is 0. The predicted octanol–water partition coefficient (Wildman–Crippen LogP) is 1.18. The minimum atomic E-state index is -0.380. The first-order chi connectivity index (χ1) is 8.65. The number of benzene rings is 1. The van der Waals surface area contributed by atoms with Crippen molar-refractivity contribution in [3.63, 3.8) is 0 Å². The van der Waals surface area contributed by atoms with Gasteiger partial charge < -0.3 is 14.7 Å². The molecule has 5 heteroatoms. The molecule has 1 N–H and O–H groups in total. The fourth-order valence-electron chi connectivity index (χ4n) is 2.20. The van der Waals surface area contributed by atoms with E-state index in [0.717, 1.165) is 0 Å². The largest absolute Gasteiger partial charge is 0.496 e. The summed E-state index contributed by atoms with van der Waals surface area (Å²) in [6.07, 6.45) is 0.327. The summed E-state index contributed by atoms with van der Waals surface area (Å²) in [5.74, 6) is -0.0422. The molecule has 1 fully saturated rings. The zero-order valence-corrected chi connectivity index (χ0v) is 10.2. The van der Waals surface area contributed by atoms with E-state index in [2.05, 4.69) is 0 Å². The zero-order chi connectivity index (χ0) is 13.1. The van der Waals surface area contributed by atoms with Crippen molar-refractivity contribution in [2.24, 2.45) is 5.92 Å². The first-order valence-corrected chi connectivity index (χ1v) is 5.85. The second-order valence-electron chi connectivity index (χ2n) is 4.45. The number of aliphatic hydroxyl groups is 1. The molecule has 0 aliphatic carbocycles. The number of methoxy groups -OCH3 is 1. The Hall–Kier alpha value is -1.62. The van der Waals surface area contributed by atoms with Crippen LogP contribution < -0.4 is 4.74 Å². The maximum Gasteiger partial charge on any atom is 0.223 e. The standard InChI is InChI=1S/C13H16FNO3/c1-18-12-4-2-3-11(14)10(12)7-15-6-9(8-16)5-13(15)17/h2-4,9,16H,5-8H2,1H3. The molecule has 1 aromatic rings. The predicted molar refractivity (Wildman–Crippen MR) is 63.6 cm³/mol. The number of carbonyl (C=O) groups excluding carboxylic acids is 1. The molecule has 1 atom stereocenters. The number of halogens is 1. The Balaban J connectivity index is 2.17. The van der Waals surface area contributed by atoms with Gasteiger partial charge in [0.15, 0.2) is 0 Å². The van der Waals surface area contributed by atoms with Gasteiger partial charge >= 0.3 is 0 Å². The van der Waals surface area contributed by atoms with Crippen LogP contribution in [0.15, 0.2) is 18.2 Å². The fourth-order valence-corrected chi connectivity index (χ4v) is 2.20. The van der Waals surface area contributed by atoms with Crippen LogP contribution in [-0.2, 0) is 11.3 Å². The number of nitrogens with zero attached hydrogens (tertiary/aromatic N) is 1. The molecule has 98 valence electrons. The molecule has 1 aliphatic heterocycles. The van der Waals surface area contributed by atoms with Gasteiger partial charge in [-0.3, -0.25) is 4.79 Å². The van der Waals surface area contributed by atoms with Gasteiger partial charge in [-0.25, -0.2) is 4.39 Å². The number of likely N-dealkylation sites (tertiary alicyclic amines) is 1. The van der Waals surface area contributed by atoms with Crippen LogP contribution in [0.5, 0.6) is 5.75 Å². The van der Waals surface area contributed by atoms with Gasteiger partial charge in [-0.15, -0.1) is 0 Å². The lowest BCUT2D eigenvalue weighted by Gasteiger charge is -2.18. The lowest BCUT2D eigenvalue weighted by atomic mass is 10.1. The highest BCUT2D eigenvalue weighted by molar-refractivity contribution is 5.78. The van der Waals surface area contributed by atoms with Crippen molar-refractivity contribution in [3.05, 3.63) is 29.6 Å². The lowest BCUT2D eigenvalue weighted by molar-refractivity contribution is -0.128. The van der Waals surface area contributed by atoms with E-state index in [4.69, 9.17) is 9.84 Å². The molecule has 1 unspecified atom stereocenters. The first kappa shape index (κ1) is 12.8. The molecular formula is C13H16FNO3. The smallest absolute Gasteiger partial charge is 0.223 e. The van der Waals surface area contributed by atoms with Crippen LogP contribution in [-0.4, -0.2) is 36.2 Å². The Morgan fingerprint density at radius 3 is 2.94 bits per heavy atom. The summed E-state index contributed by atoms with van der Waals surface area (Å²) in [6, 6.07) is 4.59. The molecule has 18 heavy (non-hydrogen) atoms. The molecule has 2 rings (SSSR count). The molecule has 0 bridgehead atoms. The molecule has 1 heterocycles. The Morgan fingerprint density at radius 1 is 1.56 bits per heavy atom. The Bertz CT molecular complexity index is 450. The number of amides is 1. The molecule has 0 aromatic heterocycles. The van der Waals surface area contributed by atoms with E-state index < -0.39 is 0 Å². The van der Waals surface area contributed by atoms with Gasteiger partial charge in [-0.2, -0.15) is 0 Å².